The fourth-order valence-corrected chi connectivity index (χ4v) is 2.45. The SMILES string of the molecule is Cc1ccn2c(C3(C)CCCN3)nnc2c1. The van der Waals surface area contributed by atoms with Gasteiger partial charge in [-0.3, -0.25) is 4.40 Å². The molecule has 1 saturated heterocycles. The summed E-state index contributed by atoms with van der Waals surface area (Å²) in [6.07, 6.45) is 4.39. The second-order valence-corrected chi connectivity index (χ2v) is 4.82. The summed E-state index contributed by atoms with van der Waals surface area (Å²) in [7, 11) is 0. The van der Waals surface area contributed by atoms with Crippen molar-refractivity contribution in [2.24, 2.45) is 0 Å². The van der Waals surface area contributed by atoms with Crippen LogP contribution >= 0.6 is 0 Å². The molecule has 0 spiro atoms. The average Bonchev–Trinajstić information content (AvgIpc) is 2.84. The highest BCUT2D eigenvalue weighted by Gasteiger charge is 2.34. The van der Waals surface area contributed by atoms with Crippen molar-refractivity contribution in [2.75, 3.05) is 6.54 Å². The van der Waals surface area contributed by atoms with Gasteiger partial charge in [-0.2, -0.15) is 0 Å². The maximum atomic E-state index is 4.34. The van der Waals surface area contributed by atoms with Crippen LogP contribution in [0.4, 0.5) is 0 Å². The van der Waals surface area contributed by atoms with Gasteiger partial charge in [0.2, 0.25) is 0 Å². The summed E-state index contributed by atoms with van der Waals surface area (Å²) >= 11 is 0. The van der Waals surface area contributed by atoms with Crippen molar-refractivity contribution in [3.63, 3.8) is 0 Å². The Labute approximate surface area is 94.7 Å². The number of rotatable bonds is 1. The topological polar surface area (TPSA) is 42.2 Å². The van der Waals surface area contributed by atoms with Crippen molar-refractivity contribution in [1.29, 1.82) is 0 Å². The molecule has 16 heavy (non-hydrogen) atoms. The third-order valence-corrected chi connectivity index (χ3v) is 3.43. The van der Waals surface area contributed by atoms with Crippen LogP contribution in [0.25, 0.3) is 5.65 Å². The summed E-state index contributed by atoms with van der Waals surface area (Å²) in [6.45, 7) is 5.34. The number of pyridine rings is 1. The van der Waals surface area contributed by atoms with E-state index in [9.17, 15) is 0 Å². The van der Waals surface area contributed by atoms with Gasteiger partial charge in [0.15, 0.2) is 11.5 Å². The number of aromatic nitrogens is 3. The van der Waals surface area contributed by atoms with E-state index < -0.39 is 0 Å². The number of nitrogens with one attached hydrogen (secondary N) is 1. The van der Waals surface area contributed by atoms with Crippen LogP contribution in [-0.4, -0.2) is 21.1 Å². The lowest BCUT2D eigenvalue weighted by atomic mass is 9.99. The molecule has 0 aliphatic carbocycles. The van der Waals surface area contributed by atoms with E-state index in [1.54, 1.807) is 0 Å². The van der Waals surface area contributed by atoms with E-state index in [1.807, 2.05) is 0 Å². The Hall–Kier alpha value is -1.42. The first-order valence-corrected chi connectivity index (χ1v) is 5.76. The second kappa shape index (κ2) is 3.28. The van der Waals surface area contributed by atoms with E-state index in [1.165, 1.54) is 12.0 Å². The zero-order valence-electron chi connectivity index (χ0n) is 9.70. The Bertz CT molecular complexity index is 523. The summed E-state index contributed by atoms with van der Waals surface area (Å²) in [6, 6.07) is 4.16. The van der Waals surface area contributed by atoms with Gasteiger partial charge in [-0.15, -0.1) is 10.2 Å². The third-order valence-electron chi connectivity index (χ3n) is 3.43. The normalized spacial score (nSPS) is 25.4. The molecule has 1 unspecified atom stereocenters. The predicted octanol–water partition coefficient (Wildman–Crippen LogP) is 1.64. The molecule has 1 aliphatic heterocycles. The molecule has 0 bridgehead atoms. The van der Waals surface area contributed by atoms with E-state index in [0.29, 0.717) is 0 Å². The summed E-state index contributed by atoms with van der Waals surface area (Å²) in [4.78, 5) is 0. The zero-order chi connectivity index (χ0) is 11.2. The van der Waals surface area contributed by atoms with Crippen LogP contribution in [0, 0.1) is 6.92 Å². The van der Waals surface area contributed by atoms with Gasteiger partial charge in [0.25, 0.3) is 0 Å². The first-order valence-electron chi connectivity index (χ1n) is 5.76. The summed E-state index contributed by atoms with van der Waals surface area (Å²) in [5.74, 6) is 1.03. The monoisotopic (exact) mass is 216 g/mol. The van der Waals surface area contributed by atoms with Gasteiger partial charge in [0.05, 0.1) is 5.54 Å². The Morgan fingerprint density at radius 3 is 3.06 bits per heavy atom. The van der Waals surface area contributed by atoms with Crippen molar-refractivity contribution in [3.8, 4) is 0 Å². The van der Waals surface area contributed by atoms with E-state index in [2.05, 4.69) is 52.1 Å². The number of hydrogen-bond donors (Lipinski definition) is 1. The molecule has 0 aromatic carbocycles. The number of nitrogens with zero attached hydrogens (tertiary/aromatic N) is 3. The molecule has 3 heterocycles. The zero-order valence-corrected chi connectivity index (χ0v) is 9.70. The maximum absolute atomic E-state index is 4.34. The number of hydrogen-bond acceptors (Lipinski definition) is 3. The minimum atomic E-state index is -0.0192. The van der Waals surface area contributed by atoms with Crippen LogP contribution in [0.5, 0.6) is 0 Å². The predicted molar refractivity (Wildman–Crippen MR) is 62.3 cm³/mol. The summed E-state index contributed by atoms with van der Waals surface area (Å²) in [5, 5.41) is 12.1. The first-order chi connectivity index (χ1) is 7.69. The molecule has 0 amide bonds. The van der Waals surface area contributed by atoms with Crippen LogP contribution in [0.15, 0.2) is 18.3 Å². The molecular formula is C12H16N4. The first kappa shape index (κ1) is 9.78. The molecule has 84 valence electrons. The minimum Gasteiger partial charge on any atom is -0.305 e. The number of fused-ring (bicyclic) bond motifs is 1. The molecule has 0 radical (unpaired) electrons. The van der Waals surface area contributed by atoms with Gasteiger partial charge in [-0.1, -0.05) is 0 Å². The van der Waals surface area contributed by atoms with Crippen LogP contribution in [-0.2, 0) is 5.54 Å². The molecule has 4 heteroatoms. The molecule has 1 aliphatic rings. The highest BCUT2D eigenvalue weighted by atomic mass is 15.3. The van der Waals surface area contributed by atoms with Crippen molar-refractivity contribution in [3.05, 3.63) is 29.7 Å². The molecular weight excluding hydrogens is 200 g/mol. The Morgan fingerprint density at radius 2 is 2.31 bits per heavy atom. The van der Waals surface area contributed by atoms with Crippen LogP contribution in [0.3, 0.4) is 0 Å². The van der Waals surface area contributed by atoms with Gasteiger partial charge in [0.1, 0.15) is 0 Å². The number of aryl methyl sites for hydroxylation is 1. The quantitative estimate of drug-likeness (QED) is 0.788. The minimum absolute atomic E-state index is 0.0192. The Balaban J connectivity index is 2.17. The van der Waals surface area contributed by atoms with E-state index in [4.69, 9.17) is 0 Å². The van der Waals surface area contributed by atoms with Crippen molar-refractivity contribution >= 4 is 5.65 Å². The third kappa shape index (κ3) is 1.33. The van der Waals surface area contributed by atoms with Gasteiger partial charge in [0, 0.05) is 6.20 Å². The van der Waals surface area contributed by atoms with Gasteiger partial charge in [-0.05, 0) is 50.9 Å². The molecule has 3 rings (SSSR count). The van der Waals surface area contributed by atoms with E-state index >= 15 is 0 Å². The molecule has 2 aromatic rings. The largest absolute Gasteiger partial charge is 0.305 e. The molecule has 4 nitrogen and oxygen atoms in total. The van der Waals surface area contributed by atoms with Gasteiger partial charge < -0.3 is 5.32 Å². The van der Waals surface area contributed by atoms with Crippen molar-refractivity contribution in [1.82, 2.24) is 19.9 Å². The van der Waals surface area contributed by atoms with Crippen LogP contribution < -0.4 is 5.32 Å². The van der Waals surface area contributed by atoms with Gasteiger partial charge in [-0.25, -0.2) is 0 Å². The summed E-state index contributed by atoms with van der Waals surface area (Å²) in [5.41, 5.74) is 2.13. The molecule has 1 fully saturated rings. The van der Waals surface area contributed by atoms with Crippen molar-refractivity contribution < 1.29 is 0 Å². The lowest BCUT2D eigenvalue weighted by molar-refractivity contribution is 0.403. The van der Waals surface area contributed by atoms with E-state index in [-0.39, 0.29) is 5.54 Å². The highest BCUT2D eigenvalue weighted by molar-refractivity contribution is 5.41. The van der Waals surface area contributed by atoms with Crippen LogP contribution in [0.1, 0.15) is 31.2 Å². The molecule has 1 atom stereocenters. The Morgan fingerprint density at radius 1 is 1.44 bits per heavy atom. The summed E-state index contributed by atoms with van der Waals surface area (Å²) < 4.78 is 2.09. The lowest BCUT2D eigenvalue weighted by Gasteiger charge is -2.21. The standard InChI is InChI=1S/C12H16N4/c1-9-4-7-16-10(8-9)14-15-11(16)12(2)5-3-6-13-12/h4,7-8,13H,3,5-6H2,1-2H3. The highest BCUT2D eigenvalue weighted by Crippen LogP contribution is 2.29. The molecule has 0 saturated carbocycles. The Kier molecular flexibility index (Phi) is 2.01. The van der Waals surface area contributed by atoms with Gasteiger partial charge >= 0.3 is 0 Å². The van der Waals surface area contributed by atoms with E-state index in [0.717, 1.165) is 24.4 Å². The van der Waals surface area contributed by atoms with Crippen molar-refractivity contribution in [2.45, 2.75) is 32.2 Å². The molecule has 2 aromatic heterocycles. The smallest absolute Gasteiger partial charge is 0.161 e. The fraction of sp³-hybridized carbons (Fsp3) is 0.500. The average molecular weight is 216 g/mol. The maximum Gasteiger partial charge on any atom is 0.161 e. The lowest BCUT2D eigenvalue weighted by Crippen LogP contribution is -2.35. The second-order valence-electron chi connectivity index (χ2n) is 4.82. The molecule has 1 N–H and O–H groups in total. The van der Waals surface area contributed by atoms with Crippen LogP contribution in [0.2, 0.25) is 0 Å². The fourth-order valence-electron chi connectivity index (χ4n) is 2.45.